The molecule has 2 bridgehead atoms. The number of ether oxygens (including phenoxy) is 6. The smallest absolute Gasteiger partial charge is 0.339 e. The van der Waals surface area contributed by atoms with Gasteiger partial charge in [-0.1, -0.05) is 6.07 Å². The summed E-state index contributed by atoms with van der Waals surface area (Å²) in [5.41, 5.74) is -13.3. The molecule has 450 valence electrons. The molecule has 0 saturated heterocycles. The molecule has 0 spiro atoms. The van der Waals surface area contributed by atoms with Gasteiger partial charge in [0, 0.05) is 51.4 Å². The van der Waals surface area contributed by atoms with Gasteiger partial charge in [-0.25, -0.2) is 24.0 Å². The number of phenolic OH excluding ortho intramolecular Hbond substituents is 19. The van der Waals surface area contributed by atoms with Crippen LogP contribution in [-0.2, 0) is 30.1 Å². The number of benzene rings is 7. The monoisotopic (exact) mass is 1210 g/mol. The molecule has 87 heavy (non-hydrogen) atoms. The molecule has 0 radical (unpaired) electrons. The summed E-state index contributed by atoms with van der Waals surface area (Å²) >= 11 is 0. The Bertz CT molecular complexity index is 4220. The molecular weight excluding hydrogens is 1170 g/mol. The molecule has 0 fully saturated rings. The molecule has 4 aliphatic heterocycles. The van der Waals surface area contributed by atoms with E-state index in [-0.39, 0.29) is 5.56 Å². The zero-order chi connectivity index (χ0) is 63.0. The largest absolute Gasteiger partial charge is 0.507 e. The fourth-order valence-electron chi connectivity index (χ4n) is 10.9. The number of esters is 5. The van der Waals surface area contributed by atoms with Crippen molar-refractivity contribution in [3.63, 3.8) is 0 Å². The highest BCUT2D eigenvalue weighted by Crippen LogP contribution is 2.62. The van der Waals surface area contributed by atoms with Crippen LogP contribution in [0.2, 0.25) is 0 Å². The van der Waals surface area contributed by atoms with Gasteiger partial charge < -0.3 is 131 Å². The van der Waals surface area contributed by atoms with E-state index in [1.54, 1.807) is 0 Å². The zero-order valence-electron chi connectivity index (χ0n) is 43.1. The summed E-state index contributed by atoms with van der Waals surface area (Å²) < 4.78 is 35.6. The van der Waals surface area contributed by atoms with Crippen LogP contribution in [0.3, 0.4) is 0 Å². The summed E-state index contributed by atoms with van der Waals surface area (Å²) in [6, 6.07) is 5.59. The van der Waals surface area contributed by atoms with Gasteiger partial charge in [0.15, 0.2) is 99.2 Å². The van der Waals surface area contributed by atoms with Crippen LogP contribution in [0.5, 0.6) is 115 Å². The highest BCUT2D eigenvalue weighted by molar-refractivity contribution is 6.11. The molecule has 0 unspecified atom stereocenters. The standard InChI is InChI=1S/C56H40O31/c57-18-2-1-12(3-20(18)59)47-27(66)6-14-19(58)10-21(60)32(48(14)84-47)35-34-36-33(44(74)46(76)45(34)75)31-17(9-26(65)40(70)43(31)73)55(80)87-51(50(35)86-56(36)81)49-28(83-52(77)13-4-22(61)37(67)23(62)5-13)11-82-53(78)15-7-24(63)38(68)41(71)29(15)30-16(54(79)85-49)8-25(64)39(69)42(30)72/h1-5,7-10,27-28,35,47,49-51,57-76H,6,11H2/t27-,28+,35+,47+,49+,50-,51-/m0/s1. The average molecular weight is 1210 g/mol. The van der Waals surface area contributed by atoms with Gasteiger partial charge in [-0.05, 0) is 48.0 Å². The van der Waals surface area contributed by atoms with Gasteiger partial charge in [0.25, 0.3) is 0 Å². The molecule has 4 heterocycles. The molecule has 4 aliphatic rings. The van der Waals surface area contributed by atoms with E-state index in [0.29, 0.717) is 36.4 Å². The Hall–Kier alpha value is -12.2. The number of phenols is 19. The Labute approximate surface area is 480 Å². The predicted molar refractivity (Wildman–Crippen MR) is 277 cm³/mol. The Morgan fingerprint density at radius 2 is 0.908 bits per heavy atom. The highest BCUT2D eigenvalue weighted by atomic mass is 16.6. The van der Waals surface area contributed by atoms with Crippen molar-refractivity contribution in [3.8, 4) is 137 Å². The van der Waals surface area contributed by atoms with E-state index < -0.39 is 267 Å². The fraction of sp³-hybridized carbons (Fsp3) is 0.161. The zero-order valence-corrected chi connectivity index (χ0v) is 43.1. The molecule has 7 aromatic carbocycles. The van der Waals surface area contributed by atoms with Gasteiger partial charge in [-0.3, -0.25) is 0 Å². The Morgan fingerprint density at radius 3 is 1.46 bits per heavy atom. The van der Waals surface area contributed by atoms with E-state index in [1.807, 2.05) is 0 Å². The second kappa shape index (κ2) is 20.0. The van der Waals surface area contributed by atoms with Crippen LogP contribution in [-0.4, -0.2) is 169 Å². The quantitative estimate of drug-likeness (QED) is 0.0668. The molecule has 7 atom stereocenters. The summed E-state index contributed by atoms with van der Waals surface area (Å²) in [4.78, 5) is 74.7. The Morgan fingerprint density at radius 1 is 0.414 bits per heavy atom. The average Bonchev–Trinajstić information content (AvgIpc) is 0.817. The van der Waals surface area contributed by atoms with E-state index in [4.69, 9.17) is 28.4 Å². The third-order valence-corrected chi connectivity index (χ3v) is 14.9. The fourth-order valence-corrected chi connectivity index (χ4v) is 10.9. The molecule has 31 heteroatoms. The number of cyclic esters (lactones) is 3. The van der Waals surface area contributed by atoms with Crippen molar-refractivity contribution in [2.75, 3.05) is 6.61 Å². The number of rotatable bonds is 5. The van der Waals surface area contributed by atoms with Crippen molar-refractivity contribution < 1.29 is 155 Å². The van der Waals surface area contributed by atoms with Gasteiger partial charge in [0.2, 0.25) is 23.0 Å². The third kappa shape index (κ3) is 8.66. The number of hydrogen-bond donors (Lipinski definition) is 20. The van der Waals surface area contributed by atoms with E-state index in [9.17, 15) is 112 Å². The summed E-state index contributed by atoms with van der Waals surface area (Å²) in [6.07, 6.45) is -15.7. The number of aliphatic hydroxyl groups excluding tert-OH is 1. The molecule has 20 N–H and O–H groups in total. The van der Waals surface area contributed by atoms with Crippen molar-refractivity contribution in [1.82, 2.24) is 0 Å². The molecule has 7 aromatic rings. The normalized spacial score (nSPS) is 20.4. The first-order chi connectivity index (χ1) is 41.0. The van der Waals surface area contributed by atoms with Crippen LogP contribution in [0, 0.1) is 0 Å². The van der Waals surface area contributed by atoms with Crippen molar-refractivity contribution in [2.24, 2.45) is 0 Å². The molecule has 0 aliphatic carbocycles. The summed E-state index contributed by atoms with van der Waals surface area (Å²) in [7, 11) is 0. The first-order valence-electron chi connectivity index (χ1n) is 24.9. The minimum absolute atomic E-state index is 0.140. The second-order valence-electron chi connectivity index (χ2n) is 19.9. The number of fused-ring (bicyclic) bond motifs is 8. The lowest BCUT2D eigenvalue weighted by Gasteiger charge is -2.43. The SMILES string of the molecule is O=C(O[C@@H]1COC(=O)c2cc(O)c(O)c(O)c2-c2c(cc(O)c(O)c2O)C(=O)O[C@H]1[C@@H]1OC(=O)c2cc(O)c(O)c(O)c2-c2c(O)c(O)c(O)c3c2C(=O)O[C@H]1[C@@H]3c1c(O)cc(O)c2c1O[C@H](c1ccc(O)c(O)c1)[C@@H](O)C2)c1cc(O)c(O)c(O)c1. The minimum atomic E-state index is -3.00. The molecule has 0 amide bonds. The van der Waals surface area contributed by atoms with E-state index in [0.717, 1.165) is 18.2 Å². The number of hydrogen-bond acceptors (Lipinski definition) is 31. The van der Waals surface area contributed by atoms with E-state index >= 15 is 14.4 Å². The van der Waals surface area contributed by atoms with Crippen LogP contribution in [0.15, 0.2) is 54.6 Å². The predicted octanol–water partition coefficient (Wildman–Crippen LogP) is 3.30. The molecule has 0 saturated carbocycles. The van der Waals surface area contributed by atoms with Crippen molar-refractivity contribution in [1.29, 1.82) is 0 Å². The highest BCUT2D eigenvalue weighted by Gasteiger charge is 2.57. The first-order valence-corrected chi connectivity index (χ1v) is 24.9. The Balaban J connectivity index is 1.25. The first kappa shape index (κ1) is 56.7. The van der Waals surface area contributed by atoms with Crippen LogP contribution < -0.4 is 4.74 Å². The number of carbonyl (C=O) groups is 5. The number of aliphatic hydroxyl groups is 1. The van der Waals surface area contributed by atoms with Crippen LogP contribution in [0.1, 0.15) is 86.1 Å². The topological polar surface area (TPSA) is 545 Å². The van der Waals surface area contributed by atoms with Gasteiger partial charge in [0.05, 0.1) is 39.8 Å². The van der Waals surface area contributed by atoms with Crippen molar-refractivity contribution >= 4 is 29.8 Å². The summed E-state index contributed by atoms with van der Waals surface area (Å²) in [5.74, 6) is -38.0. The molecule has 31 nitrogen and oxygen atoms in total. The summed E-state index contributed by atoms with van der Waals surface area (Å²) in [5, 5.41) is 222. The van der Waals surface area contributed by atoms with Crippen LogP contribution in [0.4, 0.5) is 0 Å². The van der Waals surface area contributed by atoms with E-state index in [2.05, 4.69) is 0 Å². The van der Waals surface area contributed by atoms with Crippen LogP contribution >= 0.6 is 0 Å². The maximum Gasteiger partial charge on any atom is 0.339 e. The lowest BCUT2D eigenvalue weighted by atomic mass is 9.73. The number of carbonyl (C=O) groups excluding carboxylic acids is 5. The lowest BCUT2D eigenvalue weighted by Crippen LogP contribution is -2.56. The summed E-state index contributed by atoms with van der Waals surface area (Å²) in [6.45, 7) is -1.63. The van der Waals surface area contributed by atoms with Gasteiger partial charge in [-0.15, -0.1) is 0 Å². The van der Waals surface area contributed by atoms with Crippen molar-refractivity contribution in [2.45, 2.75) is 49.0 Å². The maximum atomic E-state index is 15.3. The molecular formula is C56H40O31. The third-order valence-electron chi connectivity index (χ3n) is 14.9. The number of aromatic hydroxyl groups is 19. The van der Waals surface area contributed by atoms with Gasteiger partial charge >= 0.3 is 29.8 Å². The molecule has 0 aromatic heterocycles. The minimum Gasteiger partial charge on any atom is -0.507 e. The lowest BCUT2D eigenvalue weighted by molar-refractivity contribution is -0.135. The second-order valence-corrected chi connectivity index (χ2v) is 19.9. The van der Waals surface area contributed by atoms with E-state index in [1.165, 1.54) is 0 Å². The van der Waals surface area contributed by atoms with Crippen LogP contribution in [0.25, 0.3) is 22.3 Å². The maximum absolute atomic E-state index is 15.3. The Kier molecular flexibility index (Phi) is 13.1. The van der Waals surface area contributed by atoms with Crippen molar-refractivity contribution in [3.05, 3.63) is 105 Å². The van der Waals surface area contributed by atoms with Gasteiger partial charge in [0.1, 0.15) is 30.0 Å². The molecule has 11 rings (SSSR count). The van der Waals surface area contributed by atoms with Gasteiger partial charge in [-0.2, -0.15) is 0 Å².